The highest BCUT2D eigenvalue weighted by Crippen LogP contribution is 2.18. The average Bonchev–Trinajstić information content (AvgIpc) is 2.80. The van der Waals surface area contributed by atoms with Crippen molar-refractivity contribution >= 4 is 34.1 Å². The molecule has 1 fully saturated rings. The first kappa shape index (κ1) is 22.1. The summed E-state index contributed by atoms with van der Waals surface area (Å²) in [7, 11) is -3.05. The fourth-order valence-electron chi connectivity index (χ4n) is 2.46. The number of nitrogens with two attached hydrogens (primary N) is 1. The Kier molecular flexibility index (Phi) is 9.09. The largest absolute Gasteiger partial charge is 0.346 e. The molecule has 0 spiro atoms. The van der Waals surface area contributed by atoms with Crippen LogP contribution in [0.3, 0.4) is 0 Å². The number of sulfone groups is 1. The molecule has 136 valence electrons. The molecule has 7 nitrogen and oxygen atoms in total. The van der Waals surface area contributed by atoms with Gasteiger partial charge in [-0.15, -0.1) is 12.4 Å². The Morgan fingerprint density at radius 2 is 1.96 bits per heavy atom. The van der Waals surface area contributed by atoms with E-state index in [9.17, 15) is 18.0 Å². The van der Waals surface area contributed by atoms with Gasteiger partial charge in [-0.1, -0.05) is 20.8 Å². The molecule has 1 aliphatic heterocycles. The second-order valence-corrected chi connectivity index (χ2v) is 8.36. The second-order valence-electron chi connectivity index (χ2n) is 6.13. The van der Waals surface area contributed by atoms with Gasteiger partial charge in [-0.25, -0.2) is 8.42 Å². The third-order valence-electron chi connectivity index (χ3n) is 3.87. The number of amides is 2. The predicted molar refractivity (Wildman–Crippen MR) is 92.1 cm³/mol. The molecule has 2 atom stereocenters. The lowest BCUT2D eigenvalue weighted by atomic mass is 10.1. The van der Waals surface area contributed by atoms with Crippen molar-refractivity contribution in [1.82, 2.24) is 10.2 Å². The second kappa shape index (κ2) is 9.44. The quantitative estimate of drug-likeness (QED) is 0.653. The Morgan fingerprint density at radius 1 is 1.35 bits per heavy atom. The van der Waals surface area contributed by atoms with E-state index < -0.39 is 15.9 Å². The molecule has 1 unspecified atom stereocenters. The predicted octanol–water partition coefficient (Wildman–Crippen LogP) is -0.0666. The van der Waals surface area contributed by atoms with Gasteiger partial charge in [0.25, 0.3) is 0 Å². The Balaban J connectivity index is 0.00000484. The lowest BCUT2D eigenvalue weighted by Gasteiger charge is -2.28. The van der Waals surface area contributed by atoms with E-state index >= 15 is 0 Å². The molecule has 3 N–H and O–H groups in total. The van der Waals surface area contributed by atoms with E-state index in [0.717, 1.165) is 6.42 Å². The zero-order valence-corrected chi connectivity index (χ0v) is 15.6. The van der Waals surface area contributed by atoms with E-state index in [1.165, 1.54) is 0 Å². The fourth-order valence-corrected chi connectivity index (χ4v) is 4.19. The van der Waals surface area contributed by atoms with Crippen molar-refractivity contribution in [3.05, 3.63) is 0 Å². The molecular weight excluding hydrogens is 342 g/mol. The Hall–Kier alpha value is -0.860. The highest BCUT2D eigenvalue weighted by Gasteiger charge is 2.34. The van der Waals surface area contributed by atoms with Gasteiger partial charge in [-0.2, -0.15) is 0 Å². The molecule has 1 heterocycles. The smallest absolute Gasteiger partial charge is 0.242 e. The number of nitrogens with zero attached hydrogens (tertiary/aromatic N) is 1. The van der Waals surface area contributed by atoms with Crippen LogP contribution in [0, 0.1) is 5.92 Å². The average molecular weight is 370 g/mol. The molecule has 1 aliphatic rings. The first-order valence-corrected chi connectivity index (χ1v) is 9.53. The molecule has 0 aromatic rings. The summed E-state index contributed by atoms with van der Waals surface area (Å²) < 4.78 is 23.2. The SMILES string of the molecule is CCCN(C(=O)CNC(=O)[C@@H](N)C(C)C)C1CCS(=O)(=O)C1.Cl. The highest BCUT2D eigenvalue weighted by molar-refractivity contribution is 7.91. The summed E-state index contributed by atoms with van der Waals surface area (Å²) in [6, 6.07) is -0.938. The van der Waals surface area contributed by atoms with E-state index in [0.29, 0.717) is 13.0 Å². The van der Waals surface area contributed by atoms with Crippen LogP contribution in [0.5, 0.6) is 0 Å². The van der Waals surface area contributed by atoms with Crippen molar-refractivity contribution in [2.75, 3.05) is 24.6 Å². The minimum atomic E-state index is -3.05. The number of hydrogen-bond acceptors (Lipinski definition) is 5. The van der Waals surface area contributed by atoms with Crippen molar-refractivity contribution in [2.45, 2.75) is 45.7 Å². The van der Waals surface area contributed by atoms with Gasteiger partial charge in [0.05, 0.1) is 24.1 Å². The van der Waals surface area contributed by atoms with Crippen LogP contribution in [0.25, 0.3) is 0 Å². The first-order chi connectivity index (χ1) is 10.2. The normalized spacial score (nSPS) is 20.7. The maximum atomic E-state index is 12.3. The van der Waals surface area contributed by atoms with Crippen LogP contribution >= 0.6 is 12.4 Å². The molecule has 2 amide bonds. The van der Waals surface area contributed by atoms with Crippen molar-refractivity contribution in [3.8, 4) is 0 Å². The summed E-state index contributed by atoms with van der Waals surface area (Å²) in [5, 5.41) is 2.54. The fraction of sp³-hybridized carbons (Fsp3) is 0.857. The topological polar surface area (TPSA) is 110 Å². The highest BCUT2D eigenvalue weighted by atomic mass is 35.5. The minimum absolute atomic E-state index is 0. The Labute approximate surface area is 144 Å². The van der Waals surface area contributed by atoms with Crippen LogP contribution in [-0.4, -0.2) is 61.8 Å². The monoisotopic (exact) mass is 369 g/mol. The van der Waals surface area contributed by atoms with Crippen LogP contribution in [0.15, 0.2) is 0 Å². The van der Waals surface area contributed by atoms with Crippen molar-refractivity contribution < 1.29 is 18.0 Å². The number of carbonyl (C=O) groups excluding carboxylic acids is 2. The Bertz CT molecular complexity index is 510. The van der Waals surface area contributed by atoms with Gasteiger partial charge in [-0.3, -0.25) is 9.59 Å². The lowest BCUT2D eigenvalue weighted by Crippen LogP contribution is -2.50. The van der Waals surface area contributed by atoms with Crippen LogP contribution in [-0.2, 0) is 19.4 Å². The molecule has 0 aromatic carbocycles. The van der Waals surface area contributed by atoms with Gasteiger partial charge in [0.2, 0.25) is 11.8 Å². The van der Waals surface area contributed by atoms with Crippen LogP contribution in [0.2, 0.25) is 0 Å². The van der Waals surface area contributed by atoms with E-state index in [-0.39, 0.29) is 54.2 Å². The van der Waals surface area contributed by atoms with Gasteiger partial charge >= 0.3 is 0 Å². The number of halogens is 1. The number of rotatable bonds is 7. The van der Waals surface area contributed by atoms with Crippen LogP contribution in [0.4, 0.5) is 0 Å². The number of hydrogen-bond donors (Lipinski definition) is 2. The van der Waals surface area contributed by atoms with Gasteiger partial charge < -0.3 is 16.0 Å². The molecular formula is C14H28ClN3O4S. The third kappa shape index (κ3) is 6.64. The van der Waals surface area contributed by atoms with E-state index in [1.807, 2.05) is 20.8 Å². The molecule has 0 radical (unpaired) electrons. The van der Waals surface area contributed by atoms with Crippen molar-refractivity contribution in [1.29, 1.82) is 0 Å². The van der Waals surface area contributed by atoms with E-state index in [1.54, 1.807) is 4.90 Å². The van der Waals surface area contributed by atoms with Crippen LogP contribution in [0.1, 0.15) is 33.6 Å². The summed E-state index contributed by atoms with van der Waals surface area (Å²) >= 11 is 0. The zero-order chi connectivity index (χ0) is 16.9. The molecule has 0 saturated carbocycles. The molecule has 1 rings (SSSR count). The Morgan fingerprint density at radius 3 is 2.39 bits per heavy atom. The molecule has 0 bridgehead atoms. The summed E-state index contributed by atoms with van der Waals surface area (Å²) in [4.78, 5) is 25.7. The minimum Gasteiger partial charge on any atom is -0.346 e. The summed E-state index contributed by atoms with van der Waals surface area (Å²) in [5.41, 5.74) is 5.72. The molecule has 0 aromatic heterocycles. The lowest BCUT2D eigenvalue weighted by molar-refractivity contribution is -0.134. The first-order valence-electron chi connectivity index (χ1n) is 7.71. The molecule has 1 saturated heterocycles. The van der Waals surface area contributed by atoms with Crippen molar-refractivity contribution in [2.24, 2.45) is 11.7 Å². The van der Waals surface area contributed by atoms with Gasteiger partial charge in [0, 0.05) is 12.6 Å². The molecule has 0 aliphatic carbocycles. The summed E-state index contributed by atoms with van der Waals surface area (Å²) in [6.07, 6.45) is 1.20. The standard InChI is InChI=1S/C14H27N3O4S.ClH/c1-4-6-17(11-5-7-22(20,21)9-11)12(18)8-16-14(19)13(15)10(2)3;/h10-11,13H,4-9,15H2,1-3H3,(H,16,19);1H/t11?,13-;/m0./s1. The zero-order valence-electron chi connectivity index (χ0n) is 13.9. The summed E-state index contributed by atoms with van der Waals surface area (Å²) in [5.74, 6) is -0.498. The van der Waals surface area contributed by atoms with E-state index in [2.05, 4.69) is 5.32 Å². The maximum absolute atomic E-state index is 12.3. The van der Waals surface area contributed by atoms with Crippen LogP contribution < -0.4 is 11.1 Å². The summed E-state index contributed by atoms with van der Waals surface area (Å²) in [6.45, 7) is 5.94. The van der Waals surface area contributed by atoms with E-state index in [4.69, 9.17) is 5.73 Å². The molecule has 23 heavy (non-hydrogen) atoms. The van der Waals surface area contributed by atoms with Gasteiger partial charge in [0.15, 0.2) is 9.84 Å². The van der Waals surface area contributed by atoms with Gasteiger partial charge in [-0.05, 0) is 18.8 Å². The van der Waals surface area contributed by atoms with Gasteiger partial charge in [0.1, 0.15) is 0 Å². The third-order valence-corrected chi connectivity index (χ3v) is 5.62. The van der Waals surface area contributed by atoms with Crippen molar-refractivity contribution in [3.63, 3.8) is 0 Å². The number of carbonyl (C=O) groups is 2. The maximum Gasteiger partial charge on any atom is 0.242 e. The number of nitrogens with one attached hydrogen (secondary N) is 1. The molecule has 9 heteroatoms.